The number of carbonyl (C=O) groups excluding carboxylic acids is 1. The van der Waals surface area contributed by atoms with Crippen LogP contribution in [0.2, 0.25) is 5.02 Å². The smallest absolute Gasteiger partial charge is 0.322 e. The quantitative estimate of drug-likeness (QED) is 0.778. The normalized spacial score (nSPS) is 18.0. The molecule has 2 amide bonds. The summed E-state index contributed by atoms with van der Waals surface area (Å²) < 4.78 is 0. The second kappa shape index (κ2) is 7.47. The van der Waals surface area contributed by atoms with Crippen molar-refractivity contribution in [1.29, 1.82) is 0 Å². The van der Waals surface area contributed by atoms with Gasteiger partial charge >= 0.3 is 6.03 Å². The van der Waals surface area contributed by atoms with E-state index >= 15 is 0 Å². The van der Waals surface area contributed by atoms with E-state index in [0.717, 1.165) is 19.4 Å². The largest absolute Gasteiger partial charge is 0.395 e. The number of aliphatic hydroxyl groups excluding tert-OH is 1. The first-order valence-corrected chi connectivity index (χ1v) is 7.23. The SMILES string of the molecule is O=C(Nc1ccccc1Cl)N(CCO)CC1CCCN1. The van der Waals surface area contributed by atoms with Crippen molar-refractivity contribution in [2.75, 3.05) is 31.6 Å². The molecule has 0 aromatic heterocycles. The molecule has 1 atom stereocenters. The number of hydrogen-bond donors (Lipinski definition) is 3. The van der Waals surface area contributed by atoms with Gasteiger partial charge in [0.2, 0.25) is 0 Å². The zero-order chi connectivity index (χ0) is 14.4. The van der Waals surface area contributed by atoms with Crippen LogP contribution in [0.4, 0.5) is 10.5 Å². The van der Waals surface area contributed by atoms with Crippen LogP contribution in [0, 0.1) is 0 Å². The van der Waals surface area contributed by atoms with Crippen LogP contribution in [0.5, 0.6) is 0 Å². The van der Waals surface area contributed by atoms with Crippen molar-refractivity contribution in [3.8, 4) is 0 Å². The van der Waals surface area contributed by atoms with Crippen LogP contribution >= 0.6 is 11.6 Å². The lowest BCUT2D eigenvalue weighted by Gasteiger charge is -2.25. The lowest BCUT2D eigenvalue weighted by Crippen LogP contribution is -2.44. The molecule has 0 radical (unpaired) electrons. The zero-order valence-corrected chi connectivity index (χ0v) is 12.1. The lowest BCUT2D eigenvalue weighted by molar-refractivity contribution is 0.182. The molecule has 20 heavy (non-hydrogen) atoms. The summed E-state index contributed by atoms with van der Waals surface area (Å²) in [6.45, 7) is 1.84. The first-order chi connectivity index (χ1) is 9.70. The van der Waals surface area contributed by atoms with Gasteiger partial charge in [0.15, 0.2) is 0 Å². The van der Waals surface area contributed by atoms with Gasteiger partial charge in [-0.1, -0.05) is 23.7 Å². The van der Waals surface area contributed by atoms with Crippen molar-refractivity contribution in [1.82, 2.24) is 10.2 Å². The lowest BCUT2D eigenvalue weighted by atomic mass is 10.2. The number of para-hydroxylation sites is 1. The summed E-state index contributed by atoms with van der Waals surface area (Å²) >= 11 is 6.03. The highest BCUT2D eigenvalue weighted by molar-refractivity contribution is 6.33. The van der Waals surface area contributed by atoms with Crippen LogP contribution in [-0.4, -0.2) is 48.3 Å². The third kappa shape index (κ3) is 4.10. The van der Waals surface area contributed by atoms with Crippen LogP contribution in [0.1, 0.15) is 12.8 Å². The highest BCUT2D eigenvalue weighted by Gasteiger charge is 2.21. The van der Waals surface area contributed by atoms with Gasteiger partial charge in [0, 0.05) is 19.1 Å². The maximum Gasteiger partial charge on any atom is 0.322 e. The van der Waals surface area contributed by atoms with E-state index in [2.05, 4.69) is 10.6 Å². The van der Waals surface area contributed by atoms with Gasteiger partial charge in [-0.25, -0.2) is 4.79 Å². The number of urea groups is 1. The molecule has 6 heteroatoms. The molecule has 1 saturated heterocycles. The van der Waals surface area contributed by atoms with Gasteiger partial charge < -0.3 is 20.6 Å². The van der Waals surface area contributed by atoms with Crippen LogP contribution < -0.4 is 10.6 Å². The van der Waals surface area contributed by atoms with Gasteiger partial charge in [0.25, 0.3) is 0 Å². The Hall–Kier alpha value is -1.30. The Balaban J connectivity index is 1.97. The third-order valence-corrected chi connectivity index (χ3v) is 3.71. The first kappa shape index (κ1) is 15.1. The molecule has 1 aromatic rings. The summed E-state index contributed by atoms with van der Waals surface area (Å²) in [5.74, 6) is 0. The van der Waals surface area contributed by atoms with E-state index in [-0.39, 0.29) is 12.6 Å². The Morgan fingerprint density at radius 2 is 2.30 bits per heavy atom. The fourth-order valence-electron chi connectivity index (χ4n) is 2.33. The van der Waals surface area contributed by atoms with Crippen LogP contribution in [0.15, 0.2) is 24.3 Å². The number of nitrogens with zero attached hydrogens (tertiary/aromatic N) is 1. The fourth-order valence-corrected chi connectivity index (χ4v) is 2.51. The van der Waals surface area contributed by atoms with Gasteiger partial charge in [-0.05, 0) is 31.5 Å². The second-order valence-electron chi connectivity index (χ2n) is 4.87. The third-order valence-electron chi connectivity index (χ3n) is 3.38. The first-order valence-electron chi connectivity index (χ1n) is 6.85. The Labute approximate surface area is 123 Å². The summed E-state index contributed by atoms with van der Waals surface area (Å²) in [5.41, 5.74) is 0.585. The van der Waals surface area contributed by atoms with E-state index in [1.54, 1.807) is 17.0 Å². The molecule has 1 aromatic carbocycles. The van der Waals surface area contributed by atoms with Crippen LogP contribution in [0.3, 0.4) is 0 Å². The minimum Gasteiger partial charge on any atom is -0.395 e. The molecule has 3 N–H and O–H groups in total. The molecule has 2 rings (SSSR count). The maximum atomic E-state index is 12.3. The summed E-state index contributed by atoms with van der Waals surface area (Å²) in [6.07, 6.45) is 2.19. The molecule has 0 spiro atoms. The molecule has 1 unspecified atom stereocenters. The predicted molar refractivity (Wildman–Crippen MR) is 80.2 cm³/mol. The summed E-state index contributed by atoms with van der Waals surface area (Å²) in [4.78, 5) is 13.9. The average molecular weight is 298 g/mol. The van der Waals surface area contributed by atoms with E-state index in [0.29, 0.717) is 29.8 Å². The second-order valence-corrected chi connectivity index (χ2v) is 5.28. The van der Waals surface area contributed by atoms with Crippen LogP contribution in [0.25, 0.3) is 0 Å². The topological polar surface area (TPSA) is 64.6 Å². The van der Waals surface area contributed by atoms with Crippen molar-refractivity contribution in [2.45, 2.75) is 18.9 Å². The number of nitrogens with one attached hydrogen (secondary N) is 2. The van der Waals surface area contributed by atoms with Crippen molar-refractivity contribution < 1.29 is 9.90 Å². The van der Waals surface area contributed by atoms with E-state index in [1.165, 1.54) is 0 Å². The number of anilines is 1. The number of aliphatic hydroxyl groups is 1. The molecule has 0 saturated carbocycles. The highest BCUT2D eigenvalue weighted by atomic mass is 35.5. The minimum atomic E-state index is -0.235. The molecular weight excluding hydrogens is 278 g/mol. The Bertz CT molecular complexity index is 450. The average Bonchev–Trinajstić information content (AvgIpc) is 2.94. The molecule has 1 heterocycles. The van der Waals surface area contributed by atoms with Crippen LogP contribution in [-0.2, 0) is 0 Å². The standard InChI is InChI=1S/C14H20ClN3O2/c15-12-5-1-2-6-13(12)17-14(20)18(8-9-19)10-11-4-3-7-16-11/h1-2,5-6,11,16,19H,3-4,7-10H2,(H,17,20). The molecule has 1 aliphatic rings. The van der Waals surface area contributed by atoms with Gasteiger partial charge in [-0.3, -0.25) is 0 Å². The summed E-state index contributed by atoms with van der Waals surface area (Å²) in [5, 5.41) is 15.7. The van der Waals surface area contributed by atoms with Crippen molar-refractivity contribution in [3.63, 3.8) is 0 Å². The number of halogens is 1. The summed E-state index contributed by atoms with van der Waals surface area (Å²) in [7, 11) is 0. The fraction of sp³-hybridized carbons (Fsp3) is 0.500. The van der Waals surface area contributed by atoms with E-state index < -0.39 is 0 Å². The molecular formula is C14H20ClN3O2. The predicted octanol–water partition coefficient (Wildman–Crippen LogP) is 1.92. The highest BCUT2D eigenvalue weighted by Crippen LogP contribution is 2.21. The number of hydrogen-bond acceptors (Lipinski definition) is 3. The molecule has 110 valence electrons. The van der Waals surface area contributed by atoms with E-state index in [1.807, 2.05) is 12.1 Å². The zero-order valence-electron chi connectivity index (χ0n) is 11.3. The minimum absolute atomic E-state index is 0.0529. The summed E-state index contributed by atoms with van der Waals surface area (Å²) in [6, 6.07) is 7.18. The Morgan fingerprint density at radius 1 is 1.50 bits per heavy atom. The van der Waals surface area contributed by atoms with Gasteiger partial charge in [-0.15, -0.1) is 0 Å². The monoisotopic (exact) mass is 297 g/mol. The van der Waals surface area contributed by atoms with Crippen molar-refractivity contribution in [2.24, 2.45) is 0 Å². The maximum absolute atomic E-state index is 12.3. The Kier molecular flexibility index (Phi) is 5.64. The van der Waals surface area contributed by atoms with Gasteiger partial charge in [-0.2, -0.15) is 0 Å². The molecule has 0 bridgehead atoms. The molecule has 1 aliphatic heterocycles. The molecule has 0 aliphatic carbocycles. The number of rotatable bonds is 5. The van der Waals surface area contributed by atoms with Crippen molar-refractivity contribution in [3.05, 3.63) is 29.3 Å². The van der Waals surface area contributed by atoms with Gasteiger partial charge in [0.05, 0.1) is 17.3 Å². The molecule has 1 fully saturated rings. The number of amides is 2. The molecule has 5 nitrogen and oxygen atoms in total. The Morgan fingerprint density at radius 3 is 2.95 bits per heavy atom. The number of carbonyl (C=O) groups is 1. The van der Waals surface area contributed by atoms with Gasteiger partial charge in [0.1, 0.15) is 0 Å². The number of benzene rings is 1. The van der Waals surface area contributed by atoms with Crippen molar-refractivity contribution >= 4 is 23.3 Å². The van der Waals surface area contributed by atoms with E-state index in [4.69, 9.17) is 16.7 Å². The van der Waals surface area contributed by atoms with E-state index in [9.17, 15) is 4.79 Å².